The number of para-hydroxylation sites is 3. The van der Waals surface area contributed by atoms with Gasteiger partial charge in [-0.15, -0.1) is 0 Å². The third kappa shape index (κ3) is 3.59. The summed E-state index contributed by atoms with van der Waals surface area (Å²) in [5, 5.41) is 1.10. The molecule has 0 bridgehead atoms. The molecule has 0 aliphatic carbocycles. The lowest BCUT2D eigenvalue weighted by atomic mass is 10.1. The molecule has 0 aliphatic rings. The zero-order chi connectivity index (χ0) is 22.9. The van der Waals surface area contributed by atoms with Crippen molar-refractivity contribution >= 4 is 27.8 Å². The monoisotopic (exact) mass is 443 g/mol. The molecule has 0 spiro atoms. The Morgan fingerprint density at radius 3 is 2.26 bits per heavy atom. The van der Waals surface area contributed by atoms with Crippen LogP contribution in [0.5, 0.6) is 0 Å². The van der Waals surface area contributed by atoms with Crippen molar-refractivity contribution in [2.75, 3.05) is 0 Å². The van der Waals surface area contributed by atoms with Crippen molar-refractivity contribution in [1.82, 2.24) is 4.57 Å². The highest BCUT2D eigenvalue weighted by Gasteiger charge is 2.22. The summed E-state index contributed by atoms with van der Waals surface area (Å²) in [6.45, 7) is 0.920. The van der Waals surface area contributed by atoms with Crippen LogP contribution in [0.4, 0.5) is 0 Å². The number of rotatable bonds is 6. The van der Waals surface area contributed by atoms with E-state index in [2.05, 4.69) is 34.9 Å². The molecule has 0 saturated heterocycles. The minimum atomic E-state index is 0.0900. The van der Waals surface area contributed by atoms with Gasteiger partial charge in [-0.3, -0.25) is 4.79 Å². The van der Waals surface area contributed by atoms with E-state index < -0.39 is 0 Å². The predicted octanol–water partition coefficient (Wildman–Crippen LogP) is 6.27. The molecule has 0 amide bonds. The number of carbonyl (C=O) groups excluding carboxylic acids is 1. The molecule has 164 valence electrons. The van der Waals surface area contributed by atoms with Crippen molar-refractivity contribution < 1.29 is 13.8 Å². The number of furan rings is 1. The van der Waals surface area contributed by atoms with Gasteiger partial charge < -0.3 is 4.42 Å². The van der Waals surface area contributed by atoms with Crippen LogP contribution in [0.15, 0.2) is 120 Å². The van der Waals surface area contributed by atoms with Gasteiger partial charge in [-0.1, -0.05) is 91.0 Å². The fraction of sp³-hybridized carbons (Fsp3) is 0.0667. The first-order valence-corrected chi connectivity index (χ1v) is 11.4. The van der Waals surface area contributed by atoms with E-state index in [1.165, 1.54) is 0 Å². The van der Waals surface area contributed by atoms with E-state index in [1.54, 1.807) is 0 Å². The minimum Gasteiger partial charge on any atom is -0.456 e. The minimum absolute atomic E-state index is 0.0900. The Hall–Kier alpha value is -4.44. The van der Waals surface area contributed by atoms with Crippen molar-refractivity contribution in [2.45, 2.75) is 13.1 Å². The third-order valence-corrected chi connectivity index (χ3v) is 6.25. The number of fused-ring (bicyclic) bond motifs is 2. The zero-order valence-electron chi connectivity index (χ0n) is 18.6. The van der Waals surface area contributed by atoms with Crippen molar-refractivity contribution in [3.8, 4) is 11.3 Å². The molecule has 34 heavy (non-hydrogen) atoms. The summed E-state index contributed by atoms with van der Waals surface area (Å²) in [5.74, 6) is 0.971. The molecule has 4 heteroatoms. The van der Waals surface area contributed by atoms with Gasteiger partial charge in [0.05, 0.1) is 0 Å². The highest BCUT2D eigenvalue weighted by atomic mass is 16.3. The molecule has 0 aliphatic heterocycles. The Bertz CT molecular complexity index is 1610. The van der Waals surface area contributed by atoms with E-state index in [1.807, 2.05) is 89.8 Å². The number of benzene rings is 4. The standard InChI is InChI=1S/C30H23N2O2/c33-28(22-11-3-1-4-12-22)20-32-21-31(26-16-8-9-17-27(26)32)19-25-24-15-7-10-18-29(24)34-30(25)23-13-5-2-6-14-23/h1-18,21H,19-20H2/q+1. The number of nitrogens with zero attached hydrogens (tertiary/aromatic N) is 2. The van der Waals surface area contributed by atoms with E-state index in [9.17, 15) is 4.79 Å². The van der Waals surface area contributed by atoms with Gasteiger partial charge in [0, 0.05) is 22.1 Å². The summed E-state index contributed by atoms with van der Waals surface area (Å²) in [7, 11) is 0. The fourth-order valence-electron chi connectivity index (χ4n) is 4.61. The smallest absolute Gasteiger partial charge is 0.245 e. The van der Waals surface area contributed by atoms with Gasteiger partial charge in [-0.2, -0.15) is 0 Å². The molecule has 4 aromatic carbocycles. The van der Waals surface area contributed by atoms with Crippen LogP contribution in [0.3, 0.4) is 0 Å². The maximum atomic E-state index is 13.0. The van der Waals surface area contributed by atoms with Gasteiger partial charge in [0.2, 0.25) is 12.1 Å². The van der Waals surface area contributed by atoms with Gasteiger partial charge in [0.1, 0.15) is 17.9 Å². The van der Waals surface area contributed by atoms with E-state index in [0.29, 0.717) is 6.54 Å². The van der Waals surface area contributed by atoms with Crippen LogP contribution in [0.1, 0.15) is 15.9 Å². The zero-order valence-corrected chi connectivity index (χ0v) is 18.6. The summed E-state index contributed by atoms with van der Waals surface area (Å²) in [5.41, 5.74) is 5.88. The number of ketones is 1. The fourth-order valence-corrected chi connectivity index (χ4v) is 4.61. The van der Waals surface area contributed by atoms with E-state index >= 15 is 0 Å². The summed E-state index contributed by atoms with van der Waals surface area (Å²) in [6, 6.07) is 36.1. The van der Waals surface area contributed by atoms with Gasteiger partial charge in [0.25, 0.3) is 0 Å². The SMILES string of the molecule is O=C(Cn1c[n+](Cc2c(-c3ccccc3)oc3ccccc23)c2ccccc21)c1ccccc1. The molecule has 2 heterocycles. The lowest BCUT2D eigenvalue weighted by Gasteiger charge is -2.02. The number of hydrogen-bond donors (Lipinski definition) is 0. The second-order valence-corrected chi connectivity index (χ2v) is 8.42. The summed E-state index contributed by atoms with van der Waals surface area (Å²) in [6.07, 6.45) is 2.04. The molecule has 0 radical (unpaired) electrons. The number of hydrogen-bond acceptors (Lipinski definition) is 2. The molecule has 0 fully saturated rings. The Kier molecular flexibility index (Phi) is 5.04. The van der Waals surface area contributed by atoms with Crippen LogP contribution in [0.25, 0.3) is 33.3 Å². The molecule has 6 aromatic rings. The highest BCUT2D eigenvalue weighted by molar-refractivity contribution is 5.96. The van der Waals surface area contributed by atoms with Crippen molar-refractivity contribution in [3.63, 3.8) is 0 Å². The Morgan fingerprint density at radius 2 is 1.44 bits per heavy atom. The van der Waals surface area contributed by atoms with E-state index in [0.717, 1.165) is 44.5 Å². The van der Waals surface area contributed by atoms with E-state index in [4.69, 9.17) is 4.42 Å². The lowest BCUT2D eigenvalue weighted by molar-refractivity contribution is -0.662. The van der Waals surface area contributed by atoms with Crippen molar-refractivity contribution in [1.29, 1.82) is 0 Å². The highest BCUT2D eigenvalue weighted by Crippen LogP contribution is 2.33. The second kappa shape index (κ2) is 8.49. The number of Topliss-reactive ketones (excluding diaryl/α,β-unsaturated/α-hetero) is 1. The van der Waals surface area contributed by atoms with Crippen molar-refractivity contribution in [3.05, 3.63) is 127 Å². The lowest BCUT2D eigenvalue weighted by Crippen LogP contribution is -2.33. The molecule has 0 saturated carbocycles. The van der Waals surface area contributed by atoms with Gasteiger partial charge in [0.15, 0.2) is 17.6 Å². The molecular formula is C30H23N2O2+. The number of aromatic nitrogens is 2. The maximum absolute atomic E-state index is 13.0. The Labute approximate surface area is 197 Å². The molecule has 2 aromatic heterocycles. The molecule has 0 unspecified atom stereocenters. The van der Waals surface area contributed by atoms with Crippen LogP contribution in [0.2, 0.25) is 0 Å². The molecule has 0 N–H and O–H groups in total. The van der Waals surface area contributed by atoms with Crippen molar-refractivity contribution in [2.24, 2.45) is 0 Å². The average molecular weight is 444 g/mol. The first-order chi connectivity index (χ1) is 16.8. The summed E-state index contributed by atoms with van der Waals surface area (Å²) in [4.78, 5) is 13.0. The summed E-state index contributed by atoms with van der Waals surface area (Å²) >= 11 is 0. The molecule has 4 nitrogen and oxygen atoms in total. The first-order valence-electron chi connectivity index (χ1n) is 11.4. The first kappa shape index (κ1) is 20.2. The van der Waals surface area contributed by atoms with Crippen LogP contribution in [-0.4, -0.2) is 10.4 Å². The Morgan fingerprint density at radius 1 is 0.765 bits per heavy atom. The normalized spacial score (nSPS) is 11.3. The molecular weight excluding hydrogens is 420 g/mol. The topological polar surface area (TPSA) is 39.0 Å². The number of imidazole rings is 1. The van der Waals surface area contributed by atoms with Crippen LogP contribution in [-0.2, 0) is 13.1 Å². The summed E-state index contributed by atoms with van der Waals surface area (Å²) < 4.78 is 10.6. The van der Waals surface area contributed by atoms with E-state index in [-0.39, 0.29) is 12.3 Å². The second-order valence-electron chi connectivity index (χ2n) is 8.42. The largest absolute Gasteiger partial charge is 0.456 e. The van der Waals surface area contributed by atoms with Gasteiger partial charge in [-0.05, 0) is 18.2 Å². The Balaban J connectivity index is 1.45. The van der Waals surface area contributed by atoms with Crippen LogP contribution >= 0.6 is 0 Å². The van der Waals surface area contributed by atoms with Crippen LogP contribution < -0.4 is 4.57 Å². The molecule has 0 atom stereocenters. The molecule has 6 rings (SSSR count). The van der Waals surface area contributed by atoms with Gasteiger partial charge >= 0.3 is 0 Å². The predicted molar refractivity (Wildman–Crippen MR) is 134 cm³/mol. The average Bonchev–Trinajstić information content (AvgIpc) is 3.44. The van der Waals surface area contributed by atoms with Crippen LogP contribution in [0, 0.1) is 0 Å². The third-order valence-electron chi connectivity index (χ3n) is 6.25. The van der Waals surface area contributed by atoms with Gasteiger partial charge in [-0.25, -0.2) is 9.13 Å². The quantitative estimate of drug-likeness (QED) is 0.225. The maximum Gasteiger partial charge on any atom is 0.245 e. The number of carbonyl (C=O) groups is 1.